The van der Waals surface area contributed by atoms with E-state index >= 15 is 0 Å². The molecule has 1 aromatic carbocycles. The maximum atomic E-state index is 10.1. The predicted octanol–water partition coefficient (Wildman–Crippen LogP) is 3.28. The highest BCUT2D eigenvalue weighted by molar-refractivity contribution is 5.79. The number of furan rings is 1. The van der Waals surface area contributed by atoms with E-state index < -0.39 is 0 Å². The first kappa shape index (κ1) is 21.0. The number of phenols is 1. The van der Waals surface area contributed by atoms with Crippen LogP contribution in [-0.2, 0) is 6.54 Å². The first-order valence-electron chi connectivity index (χ1n) is 10.4. The molecular formula is C22H32N4O3. The summed E-state index contributed by atoms with van der Waals surface area (Å²) in [6.45, 7) is 6.01. The number of likely N-dealkylation sites (tertiary alicyclic amines) is 1. The molecule has 2 heterocycles. The van der Waals surface area contributed by atoms with Crippen molar-refractivity contribution in [2.75, 3.05) is 33.3 Å². The molecule has 0 saturated carbocycles. The van der Waals surface area contributed by atoms with E-state index in [1.165, 1.54) is 19.3 Å². The number of phenolic OH excluding ortho intramolecular Hbond substituents is 1. The van der Waals surface area contributed by atoms with Crippen LogP contribution < -0.4 is 15.4 Å². The van der Waals surface area contributed by atoms with Gasteiger partial charge in [0.15, 0.2) is 5.96 Å². The van der Waals surface area contributed by atoms with Crippen molar-refractivity contribution in [3.8, 4) is 11.5 Å². The molecule has 2 aromatic rings. The van der Waals surface area contributed by atoms with Crippen LogP contribution in [-0.4, -0.2) is 49.3 Å². The van der Waals surface area contributed by atoms with E-state index in [1.54, 1.807) is 25.5 Å². The first-order chi connectivity index (χ1) is 14.2. The van der Waals surface area contributed by atoms with E-state index in [0.29, 0.717) is 24.8 Å². The van der Waals surface area contributed by atoms with Crippen LogP contribution in [0.2, 0.25) is 0 Å². The van der Waals surface area contributed by atoms with Crippen molar-refractivity contribution < 1.29 is 14.3 Å². The van der Waals surface area contributed by atoms with E-state index in [4.69, 9.17) is 9.15 Å². The monoisotopic (exact) mass is 400 g/mol. The fourth-order valence-electron chi connectivity index (χ4n) is 3.64. The number of hydrogen-bond acceptors (Lipinski definition) is 5. The Kier molecular flexibility index (Phi) is 7.81. The Balaban J connectivity index is 1.69. The van der Waals surface area contributed by atoms with E-state index in [0.717, 1.165) is 31.0 Å². The quantitative estimate of drug-likeness (QED) is 0.466. The maximum Gasteiger partial charge on any atom is 0.191 e. The summed E-state index contributed by atoms with van der Waals surface area (Å²) in [6.07, 6.45) is 5.47. The van der Waals surface area contributed by atoms with Crippen LogP contribution in [0.3, 0.4) is 0 Å². The number of aliphatic imine (C=N–C) groups is 1. The highest BCUT2D eigenvalue weighted by Gasteiger charge is 2.24. The summed E-state index contributed by atoms with van der Waals surface area (Å²) in [6, 6.07) is 9.32. The van der Waals surface area contributed by atoms with Crippen molar-refractivity contribution in [2.45, 2.75) is 38.8 Å². The van der Waals surface area contributed by atoms with Gasteiger partial charge in [0.1, 0.15) is 17.3 Å². The summed E-state index contributed by atoms with van der Waals surface area (Å²) in [5.41, 5.74) is 0.722. The number of piperidine rings is 1. The lowest BCUT2D eigenvalue weighted by Gasteiger charge is -2.33. The lowest BCUT2D eigenvalue weighted by Crippen LogP contribution is -2.44. The number of hydrogen-bond donors (Lipinski definition) is 3. The van der Waals surface area contributed by atoms with Gasteiger partial charge >= 0.3 is 0 Å². The van der Waals surface area contributed by atoms with Crippen LogP contribution >= 0.6 is 0 Å². The van der Waals surface area contributed by atoms with Gasteiger partial charge in [-0.05, 0) is 63.2 Å². The SMILES string of the molecule is CCNC(=NCc1cc(OC)ccc1O)NCC(c1ccco1)N1CCCCC1. The average molecular weight is 401 g/mol. The molecule has 0 radical (unpaired) electrons. The van der Waals surface area contributed by atoms with Crippen LogP contribution in [0.25, 0.3) is 0 Å². The second-order valence-electron chi connectivity index (χ2n) is 7.20. The molecule has 0 bridgehead atoms. The van der Waals surface area contributed by atoms with E-state index in [-0.39, 0.29) is 11.8 Å². The first-order valence-corrected chi connectivity index (χ1v) is 10.4. The Morgan fingerprint density at radius 2 is 2.07 bits per heavy atom. The largest absolute Gasteiger partial charge is 0.508 e. The highest BCUT2D eigenvalue weighted by Crippen LogP contribution is 2.25. The van der Waals surface area contributed by atoms with Gasteiger partial charge in [0.2, 0.25) is 0 Å². The van der Waals surface area contributed by atoms with Gasteiger partial charge < -0.3 is 24.9 Å². The van der Waals surface area contributed by atoms with Gasteiger partial charge in [-0.15, -0.1) is 0 Å². The molecule has 3 N–H and O–H groups in total. The third-order valence-electron chi connectivity index (χ3n) is 5.20. The van der Waals surface area contributed by atoms with Crippen molar-refractivity contribution >= 4 is 5.96 Å². The zero-order valence-corrected chi connectivity index (χ0v) is 17.4. The molecule has 0 spiro atoms. The molecule has 1 saturated heterocycles. The highest BCUT2D eigenvalue weighted by atomic mass is 16.5. The Morgan fingerprint density at radius 1 is 1.24 bits per heavy atom. The second kappa shape index (κ2) is 10.8. The van der Waals surface area contributed by atoms with Gasteiger partial charge in [-0.3, -0.25) is 4.90 Å². The molecule has 7 nitrogen and oxygen atoms in total. The van der Waals surface area contributed by atoms with Crippen molar-refractivity contribution in [1.82, 2.24) is 15.5 Å². The molecular weight excluding hydrogens is 368 g/mol. The zero-order chi connectivity index (χ0) is 20.5. The van der Waals surface area contributed by atoms with Gasteiger partial charge in [0.05, 0.1) is 26.0 Å². The summed E-state index contributed by atoms with van der Waals surface area (Å²) < 4.78 is 11.0. The minimum absolute atomic E-state index is 0.166. The smallest absolute Gasteiger partial charge is 0.191 e. The number of rotatable bonds is 8. The molecule has 3 rings (SSSR count). The summed E-state index contributed by atoms with van der Waals surface area (Å²) in [5, 5.41) is 16.8. The molecule has 7 heteroatoms. The van der Waals surface area contributed by atoms with Gasteiger partial charge in [0, 0.05) is 18.7 Å². The van der Waals surface area contributed by atoms with Crippen LogP contribution in [0.4, 0.5) is 0 Å². The average Bonchev–Trinajstić information content (AvgIpc) is 3.28. The van der Waals surface area contributed by atoms with Crippen LogP contribution in [0.5, 0.6) is 11.5 Å². The number of aromatic hydroxyl groups is 1. The number of guanidine groups is 1. The number of ether oxygens (including phenoxy) is 1. The Bertz CT molecular complexity index is 770. The molecule has 1 aliphatic heterocycles. The zero-order valence-electron chi connectivity index (χ0n) is 17.4. The van der Waals surface area contributed by atoms with Crippen LogP contribution in [0.15, 0.2) is 46.0 Å². The molecule has 1 unspecified atom stereocenters. The summed E-state index contributed by atoms with van der Waals surface area (Å²) in [7, 11) is 1.61. The predicted molar refractivity (Wildman–Crippen MR) is 114 cm³/mol. The van der Waals surface area contributed by atoms with Gasteiger partial charge in [0.25, 0.3) is 0 Å². The summed E-state index contributed by atoms with van der Waals surface area (Å²) in [5.74, 6) is 2.60. The van der Waals surface area contributed by atoms with Crippen molar-refractivity contribution in [2.24, 2.45) is 4.99 Å². The molecule has 1 atom stereocenters. The number of nitrogens with one attached hydrogen (secondary N) is 2. The minimum atomic E-state index is 0.166. The van der Waals surface area contributed by atoms with E-state index in [2.05, 4.69) is 20.5 Å². The van der Waals surface area contributed by atoms with Crippen molar-refractivity contribution in [1.29, 1.82) is 0 Å². The molecule has 158 valence electrons. The van der Waals surface area contributed by atoms with Crippen LogP contribution in [0.1, 0.15) is 43.6 Å². The fraction of sp³-hybridized carbons (Fsp3) is 0.500. The lowest BCUT2D eigenvalue weighted by atomic mass is 10.1. The molecule has 0 aliphatic carbocycles. The van der Waals surface area contributed by atoms with Gasteiger partial charge in [-0.2, -0.15) is 0 Å². The Labute approximate surface area is 172 Å². The molecule has 1 aliphatic rings. The standard InChI is InChI=1S/C22H32N4O3/c1-3-23-22(24-15-17-14-18(28-2)9-10-20(17)27)25-16-19(21-8-7-13-29-21)26-11-5-4-6-12-26/h7-10,13-14,19,27H,3-6,11-12,15-16H2,1-2H3,(H2,23,24,25). The Hall–Kier alpha value is -2.67. The third kappa shape index (κ3) is 5.90. The van der Waals surface area contributed by atoms with Gasteiger partial charge in [-0.25, -0.2) is 4.99 Å². The van der Waals surface area contributed by atoms with Crippen molar-refractivity contribution in [3.63, 3.8) is 0 Å². The minimum Gasteiger partial charge on any atom is -0.508 e. The number of nitrogens with zero attached hydrogens (tertiary/aromatic N) is 2. The lowest BCUT2D eigenvalue weighted by molar-refractivity contribution is 0.146. The summed E-state index contributed by atoms with van der Waals surface area (Å²) >= 11 is 0. The third-order valence-corrected chi connectivity index (χ3v) is 5.20. The summed E-state index contributed by atoms with van der Waals surface area (Å²) in [4.78, 5) is 7.13. The molecule has 29 heavy (non-hydrogen) atoms. The van der Waals surface area contributed by atoms with Gasteiger partial charge in [-0.1, -0.05) is 6.42 Å². The number of benzene rings is 1. The van der Waals surface area contributed by atoms with Crippen LogP contribution in [0, 0.1) is 0 Å². The maximum absolute atomic E-state index is 10.1. The Morgan fingerprint density at radius 3 is 2.76 bits per heavy atom. The second-order valence-corrected chi connectivity index (χ2v) is 7.20. The topological polar surface area (TPSA) is 82.3 Å². The van der Waals surface area contributed by atoms with E-state index in [9.17, 15) is 5.11 Å². The molecule has 1 fully saturated rings. The number of methoxy groups -OCH3 is 1. The normalized spacial score (nSPS) is 16.4. The van der Waals surface area contributed by atoms with E-state index in [1.807, 2.05) is 25.1 Å². The van der Waals surface area contributed by atoms with Crippen molar-refractivity contribution in [3.05, 3.63) is 47.9 Å². The molecule has 1 aromatic heterocycles. The fourth-order valence-corrected chi connectivity index (χ4v) is 3.64. The molecule has 0 amide bonds.